The molecule has 1 aliphatic rings. The highest BCUT2D eigenvalue weighted by molar-refractivity contribution is 5.82. The molecule has 39 heavy (non-hydrogen) atoms. The van der Waals surface area contributed by atoms with Gasteiger partial charge >= 0.3 is 18.0 Å². The highest BCUT2D eigenvalue weighted by Gasteiger charge is 2.30. The first-order valence-corrected chi connectivity index (χ1v) is 13.0. The molecule has 0 unspecified atom stereocenters. The number of rotatable bonds is 12. The molecule has 1 aliphatic carbocycles. The summed E-state index contributed by atoms with van der Waals surface area (Å²) in [6.07, 6.45) is -0.352. The first kappa shape index (κ1) is 27.7. The highest BCUT2D eigenvalue weighted by Crippen LogP contribution is 2.44. The monoisotopic (exact) mass is 531 g/mol. The molecular formula is C31H33NO7. The van der Waals surface area contributed by atoms with Gasteiger partial charge in [0.25, 0.3) is 0 Å². The third-order valence-electron chi connectivity index (χ3n) is 6.52. The van der Waals surface area contributed by atoms with Crippen LogP contribution in [-0.2, 0) is 25.7 Å². The summed E-state index contributed by atoms with van der Waals surface area (Å²) >= 11 is 0. The van der Waals surface area contributed by atoms with E-state index in [1.807, 2.05) is 38.1 Å². The van der Waals surface area contributed by atoms with Gasteiger partial charge in [0.05, 0.1) is 13.0 Å². The maximum atomic E-state index is 12.9. The fourth-order valence-electron chi connectivity index (χ4n) is 4.66. The lowest BCUT2D eigenvalue weighted by molar-refractivity contribution is -0.147. The molecule has 3 aromatic carbocycles. The highest BCUT2D eigenvalue weighted by atomic mass is 16.6. The number of ether oxygens (including phenoxy) is 3. The molecule has 0 heterocycles. The van der Waals surface area contributed by atoms with Gasteiger partial charge in [-0.1, -0.05) is 74.5 Å². The van der Waals surface area contributed by atoms with Crippen molar-refractivity contribution in [2.45, 2.75) is 45.3 Å². The number of benzene rings is 3. The maximum absolute atomic E-state index is 12.9. The maximum Gasteiger partial charge on any atom is 0.407 e. The summed E-state index contributed by atoms with van der Waals surface area (Å²) < 4.78 is 16.5. The van der Waals surface area contributed by atoms with Crippen LogP contribution in [0.1, 0.15) is 49.3 Å². The van der Waals surface area contributed by atoms with Gasteiger partial charge in [-0.2, -0.15) is 0 Å². The van der Waals surface area contributed by atoms with Crippen molar-refractivity contribution in [3.8, 4) is 16.9 Å². The van der Waals surface area contributed by atoms with Crippen LogP contribution in [0.15, 0.2) is 72.8 Å². The van der Waals surface area contributed by atoms with Crippen LogP contribution in [0.3, 0.4) is 0 Å². The third-order valence-corrected chi connectivity index (χ3v) is 6.52. The molecule has 1 atom stereocenters. The average molecular weight is 532 g/mol. The second kappa shape index (κ2) is 13.0. The lowest BCUT2D eigenvalue weighted by atomic mass is 9.98. The molecule has 2 N–H and O–H groups in total. The quantitative estimate of drug-likeness (QED) is 0.295. The molecule has 204 valence electrons. The van der Waals surface area contributed by atoms with Crippen molar-refractivity contribution >= 4 is 18.0 Å². The lowest BCUT2D eigenvalue weighted by Gasteiger charge is -2.20. The zero-order chi connectivity index (χ0) is 27.8. The average Bonchev–Trinajstić information content (AvgIpc) is 3.24. The van der Waals surface area contributed by atoms with E-state index in [-0.39, 0.29) is 38.1 Å². The van der Waals surface area contributed by atoms with Gasteiger partial charge in [-0.05, 0) is 52.3 Å². The summed E-state index contributed by atoms with van der Waals surface area (Å²) in [5, 5.41) is 11.4. The van der Waals surface area contributed by atoms with Crippen LogP contribution in [0.4, 0.5) is 4.79 Å². The fraction of sp³-hybridized carbons (Fsp3) is 0.323. The number of carboxylic acids is 1. The van der Waals surface area contributed by atoms with E-state index >= 15 is 0 Å². The van der Waals surface area contributed by atoms with Crippen molar-refractivity contribution in [3.05, 3.63) is 89.5 Å². The van der Waals surface area contributed by atoms with Crippen LogP contribution in [0.2, 0.25) is 0 Å². The van der Waals surface area contributed by atoms with Crippen LogP contribution in [-0.4, -0.2) is 42.4 Å². The van der Waals surface area contributed by atoms with Gasteiger partial charge in [0.1, 0.15) is 25.0 Å². The van der Waals surface area contributed by atoms with E-state index in [0.717, 1.165) is 27.8 Å². The Labute approximate surface area is 227 Å². The minimum atomic E-state index is -0.929. The minimum absolute atomic E-state index is 0.0230. The summed E-state index contributed by atoms with van der Waals surface area (Å²) in [5.74, 6) is -0.880. The summed E-state index contributed by atoms with van der Waals surface area (Å²) in [4.78, 5) is 36.2. The number of hydrogen-bond donors (Lipinski definition) is 2. The SMILES string of the molecule is CC(C)C[C@H](NC(=O)OCC1c2ccccc2-c2ccccc21)C(=O)OCc1ccc(OCCC(=O)O)cc1. The Morgan fingerprint density at radius 2 is 1.49 bits per heavy atom. The second-order valence-corrected chi connectivity index (χ2v) is 9.90. The van der Waals surface area contributed by atoms with Crippen molar-refractivity contribution in [2.75, 3.05) is 13.2 Å². The first-order valence-electron chi connectivity index (χ1n) is 13.0. The van der Waals surface area contributed by atoms with Crippen molar-refractivity contribution < 1.29 is 33.7 Å². The molecule has 0 bridgehead atoms. The topological polar surface area (TPSA) is 111 Å². The number of fused-ring (bicyclic) bond motifs is 3. The number of esters is 1. The summed E-state index contributed by atoms with van der Waals surface area (Å²) in [7, 11) is 0. The van der Waals surface area contributed by atoms with Crippen molar-refractivity contribution in [1.29, 1.82) is 0 Å². The first-order chi connectivity index (χ1) is 18.8. The zero-order valence-corrected chi connectivity index (χ0v) is 22.1. The number of alkyl carbamates (subject to hydrolysis) is 1. The molecule has 3 aromatic rings. The van der Waals surface area contributed by atoms with Crippen LogP contribution < -0.4 is 10.1 Å². The number of carbonyl (C=O) groups is 3. The second-order valence-electron chi connectivity index (χ2n) is 9.90. The van der Waals surface area contributed by atoms with Gasteiger partial charge in [0.2, 0.25) is 0 Å². The number of aliphatic carboxylic acids is 1. The number of carbonyl (C=O) groups excluding carboxylic acids is 2. The van der Waals surface area contributed by atoms with E-state index in [1.165, 1.54) is 0 Å². The van der Waals surface area contributed by atoms with E-state index in [4.69, 9.17) is 19.3 Å². The number of hydrogen-bond acceptors (Lipinski definition) is 6. The zero-order valence-electron chi connectivity index (χ0n) is 22.1. The Balaban J connectivity index is 1.31. The van der Waals surface area contributed by atoms with Gasteiger partial charge in [-0.25, -0.2) is 9.59 Å². The van der Waals surface area contributed by atoms with Crippen LogP contribution >= 0.6 is 0 Å². The van der Waals surface area contributed by atoms with E-state index in [2.05, 4.69) is 29.6 Å². The molecule has 0 radical (unpaired) electrons. The molecule has 0 aromatic heterocycles. The van der Waals surface area contributed by atoms with Crippen molar-refractivity contribution in [3.63, 3.8) is 0 Å². The van der Waals surface area contributed by atoms with Crippen LogP contribution in [0, 0.1) is 5.92 Å². The van der Waals surface area contributed by atoms with Gasteiger partial charge < -0.3 is 24.6 Å². The Morgan fingerprint density at radius 3 is 2.08 bits per heavy atom. The molecular weight excluding hydrogens is 498 g/mol. The Kier molecular flexibility index (Phi) is 9.20. The predicted molar refractivity (Wildman–Crippen MR) is 145 cm³/mol. The molecule has 0 spiro atoms. The van der Waals surface area contributed by atoms with E-state index in [1.54, 1.807) is 24.3 Å². The Bertz CT molecular complexity index is 1260. The molecule has 0 saturated heterocycles. The predicted octanol–water partition coefficient (Wildman–Crippen LogP) is 5.54. The third kappa shape index (κ3) is 7.37. The van der Waals surface area contributed by atoms with Gasteiger partial charge in [0, 0.05) is 5.92 Å². The number of carboxylic acid groups (broad SMARTS) is 1. The largest absolute Gasteiger partial charge is 0.493 e. The summed E-state index contributed by atoms with van der Waals surface area (Å²) in [5.41, 5.74) is 5.25. The van der Waals surface area contributed by atoms with Crippen molar-refractivity contribution in [1.82, 2.24) is 5.32 Å². The standard InChI is InChI=1S/C31H33NO7/c1-20(2)17-28(30(35)38-18-21-11-13-22(14-12-21)37-16-15-29(33)34)32-31(36)39-19-27-25-9-5-3-7-23(25)24-8-4-6-10-26(24)27/h3-14,20,27-28H,15-19H2,1-2H3,(H,32,36)(H,33,34)/t28-/m0/s1. The molecule has 8 heteroatoms. The molecule has 0 saturated carbocycles. The molecule has 8 nitrogen and oxygen atoms in total. The van der Waals surface area contributed by atoms with Crippen LogP contribution in [0.5, 0.6) is 5.75 Å². The van der Waals surface area contributed by atoms with E-state index in [0.29, 0.717) is 12.2 Å². The smallest absolute Gasteiger partial charge is 0.407 e. The number of nitrogens with one attached hydrogen (secondary N) is 1. The molecule has 1 amide bonds. The fourth-order valence-corrected chi connectivity index (χ4v) is 4.66. The van der Waals surface area contributed by atoms with E-state index < -0.39 is 24.1 Å². The Hall–Kier alpha value is -4.33. The molecule has 0 aliphatic heterocycles. The normalized spacial score (nSPS) is 12.8. The van der Waals surface area contributed by atoms with Gasteiger partial charge in [-0.3, -0.25) is 4.79 Å². The minimum Gasteiger partial charge on any atom is -0.493 e. The summed E-state index contributed by atoms with van der Waals surface area (Å²) in [6.45, 7) is 4.17. The summed E-state index contributed by atoms with van der Waals surface area (Å²) in [6, 6.07) is 22.2. The van der Waals surface area contributed by atoms with E-state index in [9.17, 15) is 14.4 Å². The number of amides is 1. The lowest BCUT2D eigenvalue weighted by Crippen LogP contribution is -2.43. The van der Waals surface area contributed by atoms with Crippen molar-refractivity contribution in [2.24, 2.45) is 5.92 Å². The van der Waals surface area contributed by atoms with Gasteiger partial charge in [0.15, 0.2) is 0 Å². The molecule has 0 fully saturated rings. The Morgan fingerprint density at radius 1 is 0.872 bits per heavy atom. The van der Waals surface area contributed by atoms with Crippen LogP contribution in [0.25, 0.3) is 11.1 Å². The van der Waals surface area contributed by atoms with Gasteiger partial charge in [-0.15, -0.1) is 0 Å². The molecule has 4 rings (SSSR count).